The molecule has 2 rings (SSSR count). The molecule has 0 heteroatoms. The van der Waals surface area contributed by atoms with E-state index in [1.807, 2.05) is 0 Å². The number of allylic oxidation sites excluding steroid dienone is 4. The van der Waals surface area contributed by atoms with Crippen LogP contribution in [-0.4, -0.2) is 0 Å². The van der Waals surface area contributed by atoms with Gasteiger partial charge in [0.15, 0.2) is 0 Å². The van der Waals surface area contributed by atoms with Crippen LogP contribution in [-0.2, 0) is 0 Å². The van der Waals surface area contributed by atoms with Gasteiger partial charge >= 0.3 is 0 Å². The van der Waals surface area contributed by atoms with Gasteiger partial charge in [-0.2, -0.15) is 0 Å². The molecule has 0 nitrogen and oxygen atoms in total. The number of hydrogen-bond donors (Lipinski definition) is 0. The standard InChI is InChI=1S/C10H18.C8H14/c1-2-4-6-8-10-9-7-5-3-1;1-2-4-6-8-7-5-3-1/h1-2H,3-10H2;1-2H,3-8H2. The molecule has 0 atom stereocenters. The highest BCUT2D eigenvalue weighted by Gasteiger charge is 1.92. The summed E-state index contributed by atoms with van der Waals surface area (Å²) in [6, 6.07) is 0. The van der Waals surface area contributed by atoms with Crippen LogP contribution < -0.4 is 0 Å². The Kier molecular flexibility index (Phi) is 11.2. The first-order valence-corrected chi connectivity index (χ1v) is 8.30. The molecule has 18 heavy (non-hydrogen) atoms. The maximum Gasteiger partial charge on any atom is -0.0351 e. The Labute approximate surface area is 115 Å². The lowest BCUT2D eigenvalue weighted by Crippen LogP contribution is -1.81. The fraction of sp³-hybridized carbons (Fsp3) is 0.778. The third kappa shape index (κ3) is 10.6. The van der Waals surface area contributed by atoms with E-state index in [4.69, 9.17) is 0 Å². The van der Waals surface area contributed by atoms with E-state index in [1.54, 1.807) is 0 Å². The van der Waals surface area contributed by atoms with Crippen molar-refractivity contribution in [3.8, 4) is 0 Å². The maximum absolute atomic E-state index is 2.35. The van der Waals surface area contributed by atoms with Crippen LogP contribution in [0.15, 0.2) is 24.3 Å². The summed E-state index contributed by atoms with van der Waals surface area (Å²) >= 11 is 0. The molecule has 0 fully saturated rings. The van der Waals surface area contributed by atoms with Gasteiger partial charge in [0.1, 0.15) is 0 Å². The molecule has 104 valence electrons. The fourth-order valence-electron chi connectivity index (χ4n) is 2.58. The van der Waals surface area contributed by atoms with Gasteiger partial charge in [0.05, 0.1) is 0 Å². The van der Waals surface area contributed by atoms with Crippen molar-refractivity contribution in [1.29, 1.82) is 0 Å². The summed E-state index contributed by atoms with van der Waals surface area (Å²) in [5.74, 6) is 0. The first-order chi connectivity index (χ1) is 9.00. The Morgan fingerprint density at radius 3 is 0.778 bits per heavy atom. The zero-order valence-corrected chi connectivity index (χ0v) is 12.2. The van der Waals surface area contributed by atoms with Gasteiger partial charge in [-0.1, -0.05) is 62.8 Å². The molecule has 0 bridgehead atoms. The Balaban J connectivity index is 0.000000184. The summed E-state index contributed by atoms with van der Waals surface area (Å²) in [5, 5.41) is 0. The highest BCUT2D eigenvalue weighted by molar-refractivity contribution is 4.83. The number of rotatable bonds is 0. The van der Waals surface area contributed by atoms with Crippen LogP contribution in [0.1, 0.15) is 89.9 Å². The van der Waals surface area contributed by atoms with Gasteiger partial charge in [-0.3, -0.25) is 0 Å². The molecule has 2 aliphatic rings. The molecule has 0 aliphatic heterocycles. The quantitative estimate of drug-likeness (QED) is 0.425. The second-order valence-corrected chi connectivity index (χ2v) is 5.63. The van der Waals surface area contributed by atoms with Crippen molar-refractivity contribution in [3.63, 3.8) is 0 Å². The van der Waals surface area contributed by atoms with Gasteiger partial charge in [0.25, 0.3) is 0 Å². The van der Waals surface area contributed by atoms with E-state index in [2.05, 4.69) is 24.3 Å². The van der Waals surface area contributed by atoms with E-state index < -0.39 is 0 Å². The molecule has 0 heterocycles. The van der Waals surface area contributed by atoms with Crippen molar-refractivity contribution in [3.05, 3.63) is 24.3 Å². The van der Waals surface area contributed by atoms with E-state index >= 15 is 0 Å². The van der Waals surface area contributed by atoms with Crippen molar-refractivity contribution in [2.45, 2.75) is 89.9 Å². The van der Waals surface area contributed by atoms with Crippen LogP contribution in [0.25, 0.3) is 0 Å². The summed E-state index contributed by atoms with van der Waals surface area (Å²) in [6.45, 7) is 0. The second-order valence-electron chi connectivity index (χ2n) is 5.63. The molecule has 0 radical (unpaired) electrons. The van der Waals surface area contributed by atoms with Crippen molar-refractivity contribution in [2.75, 3.05) is 0 Å². The van der Waals surface area contributed by atoms with Crippen molar-refractivity contribution in [1.82, 2.24) is 0 Å². The predicted molar refractivity (Wildman–Crippen MR) is 82.9 cm³/mol. The van der Waals surface area contributed by atoms with Gasteiger partial charge in [-0.15, -0.1) is 0 Å². The fourth-order valence-corrected chi connectivity index (χ4v) is 2.58. The summed E-state index contributed by atoms with van der Waals surface area (Å²) in [7, 11) is 0. The average Bonchev–Trinajstić information content (AvgIpc) is 2.36. The Hall–Kier alpha value is -0.520. The topological polar surface area (TPSA) is 0 Å². The molecule has 0 aromatic heterocycles. The molecule has 0 amide bonds. The molecule has 0 saturated heterocycles. The first-order valence-electron chi connectivity index (χ1n) is 8.30. The smallest absolute Gasteiger partial charge is 0.0351 e. The lowest BCUT2D eigenvalue weighted by molar-refractivity contribution is 0.592. The molecule has 2 aliphatic carbocycles. The molecular weight excluding hydrogens is 216 g/mol. The molecular formula is C18H32. The average molecular weight is 248 g/mol. The Morgan fingerprint density at radius 2 is 0.500 bits per heavy atom. The lowest BCUT2D eigenvalue weighted by atomic mass is 10.1. The van der Waals surface area contributed by atoms with Crippen molar-refractivity contribution < 1.29 is 0 Å². The zero-order chi connectivity index (χ0) is 12.7. The van der Waals surface area contributed by atoms with Gasteiger partial charge in [-0.05, 0) is 51.4 Å². The number of hydrogen-bond acceptors (Lipinski definition) is 0. The van der Waals surface area contributed by atoms with Gasteiger partial charge in [0.2, 0.25) is 0 Å². The zero-order valence-electron chi connectivity index (χ0n) is 12.2. The van der Waals surface area contributed by atoms with E-state index in [0.29, 0.717) is 0 Å². The van der Waals surface area contributed by atoms with Gasteiger partial charge in [0, 0.05) is 0 Å². The summed E-state index contributed by atoms with van der Waals surface area (Å²) in [4.78, 5) is 0. The van der Waals surface area contributed by atoms with Crippen molar-refractivity contribution in [2.24, 2.45) is 0 Å². The van der Waals surface area contributed by atoms with Gasteiger partial charge in [-0.25, -0.2) is 0 Å². The minimum absolute atomic E-state index is 1.32. The molecule has 0 aromatic rings. The van der Waals surface area contributed by atoms with E-state index in [-0.39, 0.29) is 0 Å². The Bertz CT molecular complexity index is 190. The van der Waals surface area contributed by atoms with Crippen LogP contribution in [0.4, 0.5) is 0 Å². The summed E-state index contributed by atoms with van der Waals surface area (Å²) in [5.41, 5.74) is 0. The normalized spacial score (nSPS) is 22.2. The molecule has 0 unspecified atom stereocenters. The van der Waals surface area contributed by atoms with E-state index in [1.165, 1.54) is 89.9 Å². The molecule has 0 saturated carbocycles. The SMILES string of the molecule is C1=CCCCCCC1.C1=CCCCCCCCC1. The monoisotopic (exact) mass is 248 g/mol. The lowest BCUT2D eigenvalue weighted by Gasteiger charge is -2.01. The maximum atomic E-state index is 2.35. The van der Waals surface area contributed by atoms with Gasteiger partial charge < -0.3 is 0 Å². The molecule has 0 spiro atoms. The van der Waals surface area contributed by atoms with E-state index in [9.17, 15) is 0 Å². The highest BCUT2D eigenvalue weighted by Crippen LogP contribution is 2.11. The van der Waals surface area contributed by atoms with Crippen LogP contribution in [0.5, 0.6) is 0 Å². The highest BCUT2D eigenvalue weighted by atomic mass is 14.0. The van der Waals surface area contributed by atoms with Crippen molar-refractivity contribution >= 4 is 0 Å². The molecule has 0 aromatic carbocycles. The first kappa shape index (κ1) is 15.5. The Morgan fingerprint density at radius 1 is 0.278 bits per heavy atom. The van der Waals surface area contributed by atoms with Crippen LogP contribution in [0.2, 0.25) is 0 Å². The third-order valence-corrected chi connectivity index (χ3v) is 3.82. The van der Waals surface area contributed by atoms with Crippen LogP contribution in [0.3, 0.4) is 0 Å². The predicted octanol–water partition coefficient (Wildman–Crippen LogP) is 6.57. The molecule has 0 N–H and O–H groups in total. The minimum atomic E-state index is 1.32. The summed E-state index contributed by atoms with van der Waals surface area (Å²) in [6.07, 6.45) is 29.0. The van der Waals surface area contributed by atoms with E-state index in [0.717, 1.165) is 0 Å². The largest absolute Gasteiger partial charge is 0.0885 e. The second kappa shape index (κ2) is 12.9. The van der Waals surface area contributed by atoms with Crippen LogP contribution >= 0.6 is 0 Å². The minimum Gasteiger partial charge on any atom is -0.0885 e. The van der Waals surface area contributed by atoms with Crippen LogP contribution in [0, 0.1) is 0 Å². The third-order valence-electron chi connectivity index (χ3n) is 3.82. The summed E-state index contributed by atoms with van der Waals surface area (Å²) < 4.78 is 0.